The number of hydrogen-bond donors (Lipinski definition) is 2. The fourth-order valence-electron chi connectivity index (χ4n) is 1.81. The van der Waals surface area contributed by atoms with Gasteiger partial charge in [-0.15, -0.1) is 0 Å². The summed E-state index contributed by atoms with van der Waals surface area (Å²) in [6.45, 7) is 2.26. The summed E-state index contributed by atoms with van der Waals surface area (Å²) in [7, 11) is 0. The Balaban J connectivity index is 1.99. The highest BCUT2D eigenvalue weighted by Crippen LogP contribution is 2.17. The zero-order chi connectivity index (χ0) is 12.1. The average molecular weight is 226 g/mol. The number of carbonyl (C=O) groups excluding carboxylic acids is 1. The van der Waals surface area contributed by atoms with Crippen molar-refractivity contribution in [3.8, 4) is 11.8 Å². The normalized spacial score (nSPS) is 9.71. The number of aromatic nitrogens is 1. The minimum Gasteiger partial charge on any atom is -0.361 e. The molecule has 0 aliphatic rings. The van der Waals surface area contributed by atoms with E-state index >= 15 is 0 Å². The van der Waals surface area contributed by atoms with Gasteiger partial charge in [0.2, 0.25) is 0 Å². The summed E-state index contributed by atoms with van der Waals surface area (Å²) >= 11 is 0. The molecule has 0 bridgehead atoms. The molecule has 0 saturated heterocycles. The third-order valence-corrected chi connectivity index (χ3v) is 2.59. The number of nitrogens with one attached hydrogen (secondary N) is 2. The molecule has 0 unspecified atom stereocenters. The van der Waals surface area contributed by atoms with E-state index in [0.29, 0.717) is 6.54 Å². The molecule has 0 aliphatic carbocycles. The summed E-state index contributed by atoms with van der Waals surface area (Å²) in [6.07, 6.45) is 2.80. The number of hydrogen-bond acceptors (Lipinski definition) is 1. The van der Waals surface area contributed by atoms with Gasteiger partial charge in [0.15, 0.2) is 0 Å². The van der Waals surface area contributed by atoms with Crippen LogP contribution in [0.5, 0.6) is 0 Å². The number of benzene rings is 1. The summed E-state index contributed by atoms with van der Waals surface area (Å²) in [4.78, 5) is 14.4. The quantitative estimate of drug-likeness (QED) is 0.771. The van der Waals surface area contributed by atoms with Crippen molar-refractivity contribution in [2.75, 3.05) is 6.54 Å². The van der Waals surface area contributed by atoms with Gasteiger partial charge < -0.3 is 10.3 Å². The molecule has 0 atom stereocenters. The zero-order valence-electron chi connectivity index (χ0n) is 9.71. The van der Waals surface area contributed by atoms with Gasteiger partial charge >= 0.3 is 0 Å². The predicted octanol–water partition coefficient (Wildman–Crippen LogP) is 1.85. The number of para-hydroxylation sites is 1. The first-order valence-electron chi connectivity index (χ1n) is 5.57. The summed E-state index contributed by atoms with van der Waals surface area (Å²) in [5.74, 6) is 4.81. The SMILES string of the molecule is CC#CC(=O)NCCc1c[nH]c2ccccc12. The molecule has 3 heteroatoms. The lowest BCUT2D eigenvalue weighted by atomic mass is 10.1. The van der Waals surface area contributed by atoms with Gasteiger partial charge in [0.25, 0.3) is 5.91 Å². The topological polar surface area (TPSA) is 44.9 Å². The molecule has 0 aliphatic heterocycles. The molecule has 0 saturated carbocycles. The molecule has 0 spiro atoms. The van der Waals surface area contributed by atoms with Crippen LogP contribution in [0.4, 0.5) is 0 Å². The minimum atomic E-state index is -0.215. The smallest absolute Gasteiger partial charge is 0.295 e. The zero-order valence-corrected chi connectivity index (χ0v) is 9.71. The van der Waals surface area contributed by atoms with Gasteiger partial charge in [-0.3, -0.25) is 4.79 Å². The van der Waals surface area contributed by atoms with Gasteiger partial charge in [-0.25, -0.2) is 0 Å². The van der Waals surface area contributed by atoms with E-state index in [0.717, 1.165) is 11.9 Å². The Morgan fingerprint density at radius 3 is 3.06 bits per heavy atom. The molecule has 17 heavy (non-hydrogen) atoms. The maximum Gasteiger partial charge on any atom is 0.295 e. The second-order valence-corrected chi connectivity index (χ2v) is 3.74. The van der Waals surface area contributed by atoms with Crippen molar-refractivity contribution in [3.05, 3.63) is 36.0 Å². The molecule has 1 heterocycles. The number of H-pyrrole nitrogens is 1. The third-order valence-electron chi connectivity index (χ3n) is 2.59. The number of amides is 1. The second-order valence-electron chi connectivity index (χ2n) is 3.74. The van der Waals surface area contributed by atoms with Crippen molar-refractivity contribution in [2.24, 2.45) is 0 Å². The highest BCUT2D eigenvalue weighted by molar-refractivity contribution is 5.93. The first-order chi connectivity index (χ1) is 8.31. The Morgan fingerprint density at radius 2 is 2.24 bits per heavy atom. The van der Waals surface area contributed by atoms with Crippen molar-refractivity contribution in [1.29, 1.82) is 0 Å². The van der Waals surface area contributed by atoms with Crippen LogP contribution in [0.15, 0.2) is 30.5 Å². The lowest BCUT2D eigenvalue weighted by Crippen LogP contribution is -2.23. The van der Waals surface area contributed by atoms with E-state index in [4.69, 9.17) is 0 Å². The van der Waals surface area contributed by atoms with Crippen LogP contribution >= 0.6 is 0 Å². The van der Waals surface area contributed by atoms with Gasteiger partial charge in [0, 0.05) is 23.6 Å². The van der Waals surface area contributed by atoms with Crippen LogP contribution in [0.2, 0.25) is 0 Å². The van der Waals surface area contributed by atoms with Crippen LogP contribution < -0.4 is 5.32 Å². The highest BCUT2D eigenvalue weighted by Gasteiger charge is 2.02. The van der Waals surface area contributed by atoms with Crippen molar-refractivity contribution in [1.82, 2.24) is 10.3 Å². The molecule has 0 fully saturated rings. The van der Waals surface area contributed by atoms with E-state index in [-0.39, 0.29) is 5.91 Å². The number of aromatic amines is 1. The largest absolute Gasteiger partial charge is 0.361 e. The van der Waals surface area contributed by atoms with E-state index in [1.807, 2.05) is 24.4 Å². The maximum atomic E-state index is 11.1. The Kier molecular flexibility index (Phi) is 3.46. The van der Waals surface area contributed by atoms with Gasteiger partial charge in [0.1, 0.15) is 0 Å². The summed E-state index contributed by atoms with van der Waals surface area (Å²) < 4.78 is 0. The van der Waals surface area contributed by atoms with Crippen LogP contribution in [-0.2, 0) is 11.2 Å². The van der Waals surface area contributed by atoms with Crippen molar-refractivity contribution < 1.29 is 4.79 Å². The molecular formula is C14H14N2O. The molecule has 1 aromatic heterocycles. The highest BCUT2D eigenvalue weighted by atomic mass is 16.1. The van der Waals surface area contributed by atoms with Crippen molar-refractivity contribution in [2.45, 2.75) is 13.3 Å². The number of fused-ring (bicyclic) bond motifs is 1. The molecule has 3 nitrogen and oxygen atoms in total. The average Bonchev–Trinajstić information content (AvgIpc) is 2.73. The maximum absolute atomic E-state index is 11.1. The summed E-state index contributed by atoms with van der Waals surface area (Å²) in [5, 5.41) is 3.97. The molecule has 2 rings (SSSR count). The van der Waals surface area contributed by atoms with Crippen LogP contribution in [0.1, 0.15) is 12.5 Å². The Bertz CT molecular complexity index is 587. The number of carbonyl (C=O) groups is 1. The second kappa shape index (κ2) is 5.22. The van der Waals surface area contributed by atoms with Gasteiger partial charge in [-0.2, -0.15) is 0 Å². The molecular weight excluding hydrogens is 212 g/mol. The minimum absolute atomic E-state index is 0.215. The van der Waals surface area contributed by atoms with Crippen LogP contribution in [0.25, 0.3) is 10.9 Å². The van der Waals surface area contributed by atoms with Gasteiger partial charge in [0.05, 0.1) is 0 Å². The molecule has 86 valence electrons. The molecule has 1 amide bonds. The van der Waals surface area contributed by atoms with E-state index < -0.39 is 0 Å². The molecule has 0 radical (unpaired) electrons. The Labute approximate surface area is 100 Å². The molecule has 2 aromatic rings. The standard InChI is InChI=1S/C14H14N2O/c1-2-5-14(17)15-9-8-11-10-16-13-7-4-3-6-12(11)13/h3-4,6-7,10,16H,8-9H2,1H3,(H,15,17). The third kappa shape index (κ3) is 2.67. The van der Waals surface area contributed by atoms with Gasteiger partial charge in [-0.1, -0.05) is 24.1 Å². The van der Waals surface area contributed by atoms with Crippen molar-refractivity contribution in [3.63, 3.8) is 0 Å². The first kappa shape index (κ1) is 11.3. The van der Waals surface area contributed by atoms with Crippen LogP contribution in [-0.4, -0.2) is 17.4 Å². The lowest BCUT2D eigenvalue weighted by molar-refractivity contribution is -0.115. The van der Waals surface area contributed by atoms with Crippen molar-refractivity contribution >= 4 is 16.8 Å². The van der Waals surface area contributed by atoms with Gasteiger partial charge in [-0.05, 0) is 30.9 Å². The van der Waals surface area contributed by atoms with E-state index in [2.05, 4.69) is 28.2 Å². The number of rotatable bonds is 3. The summed E-state index contributed by atoms with van der Waals surface area (Å²) in [5.41, 5.74) is 2.34. The van der Waals surface area contributed by atoms with E-state index in [9.17, 15) is 4.79 Å². The molecule has 2 N–H and O–H groups in total. The fraction of sp³-hybridized carbons (Fsp3) is 0.214. The van der Waals surface area contributed by atoms with Crippen LogP contribution in [0.3, 0.4) is 0 Å². The first-order valence-corrected chi connectivity index (χ1v) is 5.57. The van der Waals surface area contributed by atoms with Crippen LogP contribution in [0, 0.1) is 11.8 Å². The molecule has 1 aromatic carbocycles. The summed E-state index contributed by atoms with van der Waals surface area (Å²) in [6, 6.07) is 8.14. The Morgan fingerprint density at radius 1 is 1.41 bits per heavy atom. The fourth-order valence-corrected chi connectivity index (χ4v) is 1.81. The van der Waals surface area contributed by atoms with E-state index in [1.165, 1.54) is 10.9 Å². The lowest BCUT2D eigenvalue weighted by Gasteiger charge is -2.00. The predicted molar refractivity (Wildman–Crippen MR) is 68.5 cm³/mol. The van der Waals surface area contributed by atoms with E-state index in [1.54, 1.807) is 6.92 Å². The monoisotopic (exact) mass is 226 g/mol. The Hall–Kier alpha value is -2.21.